The van der Waals surface area contributed by atoms with Gasteiger partial charge in [-0.25, -0.2) is 43.8 Å². The van der Waals surface area contributed by atoms with Gasteiger partial charge >= 0.3 is 40.4 Å². The highest BCUT2D eigenvalue weighted by Gasteiger charge is 2.54. The summed E-state index contributed by atoms with van der Waals surface area (Å²) in [5.41, 5.74) is 37.4. The number of thiol groups is 1. The Balaban J connectivity index is 0.000000126. The standard InChI is InChI=1S/2C22H26N8O9P2S2.C21H24FN9O9P2S2/c2*23-12-1-3-25-18-11(12)2-4-29(18)16-6-13-15(37-16)8-35-41(33,43)39-14-5-10(7-34-40(32,42)38-13)36-21(14)30-9-26-17-19(30)27-22(24)28-20(17)31;22-13-11-5-36-41(33,43)39-9-3-12(30-6-26-14-8(23)1-2-25-17(14)30)37-10(9)4-35-42(34,44)40-16(13)20(38-11)31-7-27-15-18(31)28-21(24)29-19(15)32/h2*1-4,9-10,13-16,21H,5-8H2,(H2,23,25)(H,32,42)(H,33,43)(H3,24,27,28,31);1-2,6-7,9-13,16,20H,3-5H2,(H2,23,25)(H,33,43)(H,34,44)(H3,24,28,29,32)/t2*10-,13-,14+,15?,16+,21+,40?,41?;9-,10+,11+,12+,13+,16+,20+,41?,42?/m000/s1. The molecule has 130 heavy (non-hydrogen) atoms. The van der Waals surface area contributed by atoms with Crippen molar-refractivity contribution in [2.24, 2.45) is 0 Å². The van der Waals surface area contributed by atoms with Gasteiger partial charge in [0.25, 0.3) is 16.7 Å². The maximum absolute atomic E-state index is 15.8. The third kappa shape index (κ3) is 18.9. The molecular formula is C65H76FN25O27P6S6. The third-order valence-corrected chi connectivity index (χ3v) is 31.6. The van der Waals surface area contributed by atoms with Crippen LogP contribution in [0.4, 0.5) is 39.3 Å². The maximum atomic E-state index is 15.8. The zero-order valence-corrected chi connectivity index (χ0v) is 76.6. The largest absolute Gasteiger partial charge is 0.398 e. The fourth-order valence-corrected chi connectivity index (χ4v) is 25.1. The third-order valence-electron chi connectivity index (χ3n) is 22.0. The smallest absolute Gasteiger partial charge is 0.386 e. The van der Waals surface area contributed by atoms with Crippen molar-refractivity contribution in [3.63, 3.8) is 0 Å². The number of ether oxygens (including phenoxy) is 6. The number of aromatic amines is 3. The van der Waals surface area contributed by atoms with Crippen LogP contribution in [0.1, 0.15) is 69.5 Å². The molecule has 0 amide bonds. The van der Waals surface area contributed by atoms with Gasteiger partial charge in [-0.1, -0.05) is 12.2 Å². The number of nitrogen functional groups attached to an aromatic ring is 6. The minimum Gasteiger partial charge on any atom is -0.398 e. The summed E-state index contributed by atoms with van der Waals surface area (Å²) in [4.78, 5) is 141. The van der Waals surface area contributed by atoms with Gasteiger partial charge in [0.2, 0.25) is 17.8 Å². The summed E-state index contributed by atoms with van der Waals surface area (Å²) in [6, 6.07) is 8.65. The molecule has 9 aliphatic heterocycles. The van der Waals surface area contributed by atoms with E-state index in [4.69, 9.17) is 176 Å². The molecule has 0 saturated carbocycles. The zero-order valence-electron chi connectivity index (χ0n) is 66.2. The Morgan fingerprint density at radius 1 is 0.377 bits per heavy atom. The minimum atomic E-state index is -4.34. The number of fused-ring (bicyclic) bond motifs is 15. The molecule has 21 rings (SSSR count). The van der Waals surface area contributed by atoms with Gasteiger partial charge in [0.1, 0.15) is 78.2 Å². The molecule has 20 N–H and O–H groups in total. The Bertz CT molecular complexity index is 6660. The molecule has 9 saturated heterocycles. The van der Waals surface area contributed by atoms with Crippen LogP contribution < -0.4 is 51.1 Å². The van der Waals surface area contributed by atoms with Gasteiger partial charge in [0, 0.05) is 85.2 Å². The second-order valence-electron chi connectivity index (χ2n) is 30.5. The Labute approximate surface area is 757 Å². The fourth-order valence-electron chi connectivity index (χ4n) is 16.3. The van der Waals surface area contributed by atoms with Crippen LogP contribution >= 0.6 is 52.6 Å². The lowest BCUT2D eigenvalue weighted by Gasteiger charge is -2.27. The van der Waals surface area contributed by atoms with E-state index in [1.165, 1.54) is 38.9 Å². The Morgan fingerprint density at radius 3 is 1.15 bits per heavy atom. The topological polar surface area (TPSA) is 698 Å². The first-order valence-corrected chi connectivity index (χ1v) is 54.6. The average molecular weight is 2040 g/mol. The van der Waals surface area contributed by atoms with Gasteiger partial charge in [-0.2, -0.15) is 15.0 Å². The summed E-state index contributed by atoms with van der Waals surface area (Å²) >= 11 is 30.7. The Morgan fingerprint density at radius 2 is 0.723 bits per heavy atom. The van der Waals surface area contributed by atoms with Gasteiger partial charge in [-0.15, -0.1) is 0 Å². The van der Waals surface area contributed by atoms with Gasteiger partial charge in [0.05, 0.1) is 101 Å². The molecule has 0 radical (unpaired) electrons. The minimum absolute atomic E-state index is 0.0249. The summed E-state index contributed by atoms with van der Waals surface area (Å²) in [6.45, 7) is -25.7. The van der Waals surface area contributed by atoms with Crippen molar-refractivity contribution in [1.29, 1.82) is 0 Å². The number of aromatic nitrogens is 19. The lowest BCUT2D eigenvalue weighted by molar-refractivity contribution is -0.0594. The highest BCUT2D eigenvalue weighted by Crippen LogP contribution is 2.61. The van der Waals surface area contributed by atoms with Gasteiger partial charge < -0.3 is 142 Å². The summed E-state index contributed by atoms with van der Waals surface area (Å²) in [5, 5.41) is 1.50. The SMILES string of the molecule is Nc1nc2c(ncn2[C@@H]2O[C@@H]3COP(O)(=S)O[C@H]4C[C@H](n5ccc6c(N)ccnc65)OC4COP(O)(=S)O[C@@H]2C3)c(=O)[nH]1.Nc1nc2c(ncn2[C@@H]2O[C@@H]3COP(O)(=S)O[C@H]4C[C@H](n5ccc6c(N)ccnc65)OC4COP(O)(=S)O[C@@H]2C3)c(=O)[nH]1.Nc1nc2c(ncn2[C@@H]2O[C@@H]3COP(O)(=S)O[C@H]4C[C@H](n5cnc6c(N)ccnc65)O[C@@H]4COP(=O)(S)O[C@@H]2[C@@H]3F)c(=O)[nH]1. The first-order chi connectivity index (χ1) is 61.8. The number of nitrogens with zero attached hydrogens (tertiary/aromatic N) is 16. The van der Waals surface area contributed by atoms with E-state index >= 15 is 4.39 Å². The lowest BCUT2D eigenvalue weighted by atomic mass is 10.1. The highest BCUT2D eigenvalue weighted by molar-refractivity contribution is 8.44. The molecule has 696 valence electrons. The van der Waals surface area contributed by atoms with Crippen LogP contribution in [-0.4, -0.2) is 236 Å². The number of H-pyrrole nitrogens is 3. The van der Waals surface area contributed by atoms with E-state index in [-0.39, 0.29) is 110 Å². The molecule has 9 aliphatic rings. The number of halogens is 1. The van der Waals surface area contributed by atoms with Crippen LogP contribution in [0.3, 0.4) is 0 Å². The molecule has 21 heterocycles. The Hall–Kier alpha value is -7.31. The van der Waals surface area contributed by atoms with E-state index in [0.29, 0.717) is 39.5 Å². The fraction of sp³-hybridized carbons (Fsp3) is 0.462. The average Bonchev–Trinajstić information content (AvgIpc) is 1.68. The van der Waals surface area contributed by atoms with E-state index in [0.717, 1.165) is 17.1 Å². The monoisotopic (exact) mass is 2040 g/mol. The molecular weight excluding hydrogens is 1960 g/mol. The summed E-state index contributed by atoms with van der Waals surface area (Å²) in [7, 11) is 0. The predicted molar refractivity (Wildman–Crippen MR) is 473 cm³/mol. The zero-order chi connectivity index (χ0) is 91.2. The number of imidazole rings is 4. The second-order valence-corrected chi connectivity index (χ2v) is 47.3. The molecule has 65 heteroatoms. The first kappa shape index (κ1) is 91.8. The summed E-state index contributed by atoms with van der Waals surface area (Å²) < 4.78 is 144. The molecule has 52 nitrogen and oxygen atoms in total. The summed E-state index contributed by atoms with van der Waals surface area (Å²) in [6.07, 6.45) is -4.01. The maximum Gasteiger partial charge on any atom is 0.386 e. The highest BCUT2D eigenvalue weighted by atomic mass is 32.7. The molecule has 8 unspecified atom stereocenters. The van der Waals surface area contributed by atoms with E-state index in [1.807, 2.05) is 12.1 Å². The van der Waals surface area contributed by atoms with Crippen LogP contribution in [0.15, 0.2) is 101 Å². The predicted octanol–water partition coefficient (Wildman–Crippen LogP) is 3.64. The number of hydrogen-bond donors (Lipinski definition) is 15. The number of nitrogens with two attached hydrogens (primary N) is 6. The first-order valence-electron chi connectivity index (χ1n) is 39.0. The van der Waals surface area contributed by atoms with Gasteiger partial charge in [-0.3, -0.25) is 56.7 Å². The van der Waals surface area contributed by atoms with Crippen LogP contribution in [0, 0.1) is 0 Å². The number of rotatable bonds is 6. The van der Waals surface area contributed by atoms with Crippen LogP contribution in [0.5, 0.6) is 0 Å². The molecule has 9 fully saturated rings. The quantitative estimate of drug-likeness (QED) is 0.0834. The number of hydrogen-bond acceptors (Lipinski definition) is 43. The Kier molecular flexibility index (Phi) is 25.2. The normalized spacial score (nSPS) is 35.8. The van der Waals surface area contributed by atoms with Crippen molar-refractivity contribution in [3.8, 4) is 0 Å². The van der Waals surface area contributed by atoms with Gasteiger partial charge in [-0.05, 0) is 89.4 Å². The molecule has 12 aromatic heterocycles. The molecule has 25 atom stereocenters. The van der Waals surface area contributed by atoms with E-state index in [2.05, 4.69) is 77.0 Å². The number of nitrogens with one attached hydrogen (secondary N) is 3. The molecule has 0 aliphatic carbocycles. The van der Waals surface area contributed by atoms with E-state index in [9.17, 15) is 43.4 Å². The summed E-state index contributed by atoms with van der Waals surface area (Å²) in [5.74, 6) is -0.476. The van der Waals surface area contributed by atoms with Crippen LogP contribution in [0.25, 0.3) is 66.7 Å². The van der Waals surface area contributed by atoms with E-state index in [1.54, 1.807) is 56.7 Å². The van der Waals surface area contributed by atoms with Crippen molar-refractivity contribution in [2.75, 3.05) is 74.0 Å². The van der Waals surface area contributed by atoms with Crippen molar-refractivity contribution >= 4 is 213 Å². The lowest BCUT2D eigenvalue weighted by Crippen LogP contribution is -2.32. The van der Waals surface area contributed by atoms with Crippen LogP contribution in [-0.2, 0) is 146 Å². The van der Waals surface area contributed by atoms with Crippen molar-refractivity contribution in [2.45, 2.75) is 149 Å². The number of anilines is 6. The number of alkyl halides is 1. The van der Waals surface area contributed by atoms with Crippen molar-refractivity contribution in [1.82, 2.24) is 92.2 Å². The molecule has 0 spiro atoms. The van der Waals surface area contributed by atoms with E-state index < -0.39 is 187 Å². The van der Waals surface area contributed by atoms with Crippen molar-refractivity contribution < 1.29 is 116 Å². The van der Waals surface area contributed by atoms with Gasteiger partial charge in [0.15, 0.2) is 64.0 Å². The van der Waals surface area contributed by atoms with Crippen LogP contribution in [0.2, 0.25) is 0 Å². The second kappa shape index (κ2) is 35.7. The molecule has 12 aromatic rings. The number of pyridine rings is 3. The molecule has 6 bridgehead atoms. The van der Waals surface area contributed by atoms with Crippen molar-refractivity contribution in [3.05, 3.63) is 118 Å². The molecule has 0 aromatic carbocycles.